The fourth-order valence-corrected chi connectivity index (χ4v) is 0.742. The van der Waals surface area contributed by atoms with Crippen molar-refractivity contribution in [1.82, 2.24) is 0 Å². The topological polar surface area (TPSA) is 66.5 Å². The third-order valence-electron chi connectivity index (χ3n) is 1.50. The second kappa shape index (κ2) is 3.32. The third-order valence-corrected chi connectivity index (χ3v) is 1.50. The van der Waals surface area contributed by atoms with Crippen LogP contribution in [-0.2, 0) is 0 Å². The fraction of sp³-hybridized carbons (Fsp3) is 1.00. The first-order chi connectivity index (χ1) is 4.39. The van der Waals surface area contributed by atoms with Gasteiger partial charge in [-0.3, -0.25) is 0 Å². The zero-order valence-corrected chi connectivity index (χ0v) is 6.83. The minimum atomic E-state index is -0.641. The Morgan fingerprint density at radius 2 is 1.80 bits per heavy atom. The summed E-state index contributed by atoms with van der Waals surface area (Å²) in [6, 6.07) is -0.528. The van der Waals surface area contributed by atoms with Crippen LogP contribution in [0.25, 0.3) is 0 Å². The molecule has 0 aliphatic rings. The van der Waals surface area contributed by atoms with Crippen LogP contribution in [0.1, 0.15) is 20.8 Å². The van der Waals surface area contributed by atoms with Crippen LogP contribution in [-0.4, -0.2) is 29.0 Å². The molecule has 0 bridgehead atoms. The van der Waals surface area contributed by atoms with E-state index in [1.165, 1.54) is 0 Å². The highest BCUT2D eigenvalue weighted by atomic mass is 16.3. The van der Waals surface area contributed by atoms with Crippen LogP contribution in [0, 0.1) is 5.41 Å². The van der Waals surface area contributed by atoms with Gasteiger partial charge < -0.3 is 15.9 Å². The number of hydrogen-bond acceptors (Lipinski definition) is 3. The first-order valence-corrected chi connectivity index (χ1v) is 3.44. The summed E-state index contributed by atoms with van der Waals surface area (Å²) < 4.78 is 0. The van der Waals surface area contributed by atoms with Crippen molar-refractivity contribution in [2.24, 2.45) is 11.1 Å². The van der Waals surface area contributed by atoms with Crippen molar-refractivity contribution in [2.45, 2.75) is 32.9 Å². The van der Waals surface area contributed by atoms with Gasteiger partial charge in [0, 0.05) is 0 Å². The first kappa shape index (κ1) is 9.88. The van der Waals surface area contributed by atoms with Crippen LogP contribution in [0.5, 0.6) is 0 Å². The van der Waals surface area contributed by atoms with Gasteiger partial charge in [0.15, 0.2) is 0 Å². The van der Waals surface area contributed by atoms with Gasteiger partial charge in [-0.15, -0.1) is 0 Å². The van der Waals surface area contributed by atoms with E-state index in [0.29, 0.717) is 0 Å². The van der Waals surface area contributed by atoms with Crippen LogP contribution < -0.4 is 5.73 Å². The summed E-state index contributed by atoms with van der Waals surface area (Å²) in [5.74, 6) is 0. The van der Waals surface area contributed by atoms with Gasteiger partial charge in [0.05, 0.1) is 18.8 Å². The highest BCUT2D eigenvalue weighted by Crippen LogP contribution is 2.20. The van der Waals surface area contributed by atoms with Crippen LogP contribution in [0.2, 0.25) is 0 Å². The first-order valence-electron chi connectivity index (χ1n) is 3.44. The largest absolute Gasteiger partial charge is 0.395 e. The number of hydrogen-bond donors (Lipinski definition) is 3. The lowest BCUT2D eigenvalue weighted by atomic mass is 9.85. The number of aliphatic hydroxyl groups is 2. The zero-order valence-electron chi connectivity index (χ0n) is 6.83. The standard InChI is InChI=1S/C7H17NO2/c1-7(2,3)6(10)5(8)4-9/h5-6,9-10H,4,8H2,1-3H3/t5-,6-/m1/s1. The number of nitrogens with two attached hydrogens (primary N) is 1. The van der Waals surface area contributed by atoms with E-state index >= 15 is 0 Å². The molecular weight excluding hydrogens is 130 g/mol. The van der Waals surface area contributed by atoms with E-state index in [1.807, 2.05) is 20.8 Å². The van der Waals surface area contributed by atoms with Crippen molar-refractivity contribution in [3.8, 4) is 0 Å². The average Bonchev–Trinajstić information content (AvgIpc) is 1.83. The Morgan fingerprint density at radius 3 is 1.90 bits per heavy atom. The molecule has 2 atom stereocenters. The van der Waals surface area contributed by atoms with Crippen LogP contribution in [0.15, 0.2) is 0 Å². The molecule has 0 aromatic carbocycles. The lowest BCUT2D eigenvalue weighted by molar-refractivity contribution is 0.0230. The molecule has 0 saturated carbocycles. The molecule has 0 rings (SSSR count). The van der Waals surface area contributed by atoms with E-state index < -0.39 is 12.1 Å². The molecule has 0 aromatic rings. The number of aliphatic hydroxyl groups excluding tert-OH is 2. The van der Waals surface area contributed by atoms with E-state index in [9.17, 15) is 5.11 Å². The fourth-order valence-electron chi connectivity index (χ4n) is 0.742. The second-order valence-electron chi connectivity index (χ2n) is 3.66. The molecule has 0 aromatic heterocycles. The quantitative estimate of drug-likeness (QED) is 0.503. The predicted molar refractivity (Wildman–Crippen MR) is 40.5 cm³/mol. The molecule has 3 nitrogen and oxygen atoms in total. The van der Waals surface area contributed by atoms with E-state index in [2.05, 4.69) is 0 Å². The Bertz CT molecular complexity index is 98.3. The molecule has 0 heterocycles. The molecule has 0 aliphatic heterocycles. The lowest BCUT2D eigenvalue weighted by Crippen LogP contribution is -2.45. The molecule has 0 saturated heterocycles. The molecule has 10 heavy (non-hydrogen) atoms. The lowest BCUT2D eigenvalue weighted by Gasteiger charge is -2.29. The summed E-state index contributed by atoms with van der Waals surface area (Å²) in [6.07, 6.45) is -0.641. The molecule has 0 spiro atoms. The summed E-state index contributed by atoms with van der Waals surface area (Å²) in [7, 11) is 0. The summed E-state index contributed by atoms with van der Waals surface area (Å²) in [5, 5.41) is 18.0. The van der Waals surface area contributed by atoms with Crippen molar-refractivity contribution in [2.75, 3.05) is 6.61 Å². The van der Waals surface area contributed by atoms with Gasteiger partial charge in [-0.25, -0.2) is 0 Å². The summed E-state index contributed by atoms with van der Waals surface area (Å²) >= 11 is 0. The SMILES string of the molecule is CC(C)(C)[C@H](O)[C@H](N)CO. The van der Waals surface area contributed by atoms with Crippen molar-refractivity contribution < 1.29 is 10.2 Å². The molecule has 4 N–H and O–H groups in total. The van der Waals surface area contributed by atoms with E-state index in [-0.39, 0.29) is 12.0 Å². The van der Waals surface area contributed by atoms with E-state index in [1.54, 1.807) is 0 Å². The van der Waals surface area contributed by atoms with Gasteiger partial charge >= 0.3 is 0 Å². The molecule has 0 radical (unpaired) electrons. The van der Waals surface area contributed by atoms with Crippen LogP contribution in [0.4, 0.5) is 0 Å². The van der Waals surface area contributed by atoms with Gasteiger partial charge in [0.1, 0.15) is 0 Å². The molecule has 0 aliphatic carbocycles. The second-order valence-corrected chi connectivity index (χ2v) is 3.66. The molecule has 0 amide bonds. The maximum Gasteiger partial charge on any atom is 0.0761 e. The van der Waals surface area contributed by atoms with Crippen molar-refractivity contribution >= 4 is 0 Å². The number of rotatable bonds is 2. The van der Waals surface area contributed by atoms with Gasteiger partial charge in [0.25, 0.3) is 0 Å². The average molecular weight is 147 g/mol. The molecule has 0 fully saturated rings. The Labute approximate surface area is 61.9 Å². The highest BCUT2D eigenvalue weighted by Gasteiger charge is 2.27. The highest BCUT2D eigenvalue weighted by molar-refractivity contribution is 4.81. The molecule has 3 heteroatoms. The van der Waals surface area contributed by atoms with Gasteiger partial charge in [0.2, 0.25) is 0 Å². The molecular formula is C7H17NO2. The minimum absolute atomic E-state index is 0.168. The minimum Gasteiger partial charge on any atom is -0.395 e. The van der Waals surface area contributed by atoms with Crippen LogP contribution in [0.3, 0.4) is 0 Å². The monoisotopic (exact) mass is 147 g/mol. The zero-order chi connectivity index (χ0) is 8.36. The summed E-state index contributed by atoms with van der Waals surface area (Å²) in [6.45, 7) is 5.48. The maximum atomic E-state index is 9.37. The smallest absolute Gasteiger partial charge is 0.0761 e. The van der Waals surface area contributed by atoms with Crippen LogP contribution >= 0.6 is 0 Å². The predicted octanol–water partition coefficient (Wildman–Crippen LogP) is -0.287. The Kier molecular flexibility index (Phi) is 3.28. The third kappa shape index (κ3) is 2.64. The van der Waals surface area contributed by atoms with Crippen molar-refractivity contribution in [3.63, 3.8) is 0 Å². The van der Waals surface area contributed by atoms with Gasteiger partial charge in [-0.1, -0.05) is 20.8 Å². The van der Waals surface area contributed by atoms with Crippen molar-refractivity contribution in [3.05, 3.63) is 0 Å². The molecule has 62 valence electrons. The maximum absolute atomic E-state index is 9.37. The Balaban J connectivity index is 3.94. The van der Waals surface area contributed by atoms with Gasteiger partial charge in [-0.05, 0) is 5.41 Å². The van der Waals surface area contributed by atoms with Crippen molar-refractivity contribution in [1.29, 1.82) is 0 Å². The Morgan fingerprint density at radius 1 is 1.40 bits per heavy atom. The Hall–Kier alpha value is -0.120. The van der Waals surface area contributed by atoms with Gasteiger partial charge in [-0.2, -0.15) is 0 Å². The summed E-state index contributed by atoms with van der Waals surface area (Å²) in [4.78, 5) is 0. The summed E-state index contributed by atoms with van der Waals surface area (Å²) in [5.41, 5.74) is 5.15. The molecule has 0 unspecified atom stereocenters. The van der Waals surface area contributed by atoms with E-state index in [0.717, 1.165) is 0 Å². The van der Waals surface area contributed by atoms with E-state index in [4.69, 9.17) is 10.8 Å². The normalized spacial score (nSPS) is 18.6.